The van der Waals surface area contributed by atoms with Gasteiger partial charge in [-0.25, -0.2) is 0 Å². The van der Waals surface area contributed by atoms with E-state index in [9.17, 15) is 14.4 Å². The Balaban J connectivity index is 1.88. The number of carboxylic acids is 1. The molecule has 1 aliphatic heterocycles. The van der Waals surface area contributed by atoms with Crippen molar-refractivity contribution in [2.45, 2.75) is 38.3 Å². The molecule has 10 heteroatoms. The molecular formula is C28H26BrCl2N3O4. The van der Waals surface area contributed by atoms with Crippen LogP contribution in [0.2, 0.25) is 10.0 Å². The molecule has 3 N–H and O–H groups in total. The largest absolute Gasteiger partial charge is 0.481 e. The minimum absolute atomic E-state index is 0.00618. The number of hydrogen-bond acceptors (Lipinski definition) is 4. The number of carbonyl (C=O) groups is 3. The van der Waals surface area contributed by atoms with Crippen molar-refractivity contribution in [1.82, 2.24) is 4.90 Å². The Morgan fingerprint density at radius 1 is 1.03 bits per heavy atom. The van der Waals surface area contributed by atoms with Gasteiger partial charge < -0.3 is 20.6 Å². The topological polar surface area (TPSA) is 104 Å². The van der Waals surface area contributed by atoms with E-state index in [1.165, 1.54) is 0 Å². The normalized spacial score (nSPS) is 16.3. The SMILES string of the molecule is C[C@H](c1ccc(Cl)cc1N)N1C(=O)c2cc(Br)ccc2N(CCCCC(=O)O)C(=O)[C@@H]1c1ccc(Cl)cc1. The highest BCUT2D eigenvalue weighted by molar-refractivity contribution is 9.10. The van der Waals surface area contributed by atoms with Gasteiger partial charge in [0.1, 0.15) is 6.04 Å². The lowest BCUT2D eigenvalue weighted by atomic mass is 9.97. The number of anilines is 2. The molecule has 198 valence electrons. The molecule has 0 radical (unpaired) electrons. The second-order valence-electron chi connectivity index (χ2n) is 9.12. The summed E-state index contributed by atoms with van der Waals surface area (Å²) in [6.45, 7) is 2.08. The van der Waals surface area contributed by atoms with E-state index >= 15 is 0 Å². The van der Waals surface area contributed by atoms with Gasteiger partial charge >= 0.3 is 5.97 Å². The molecule has 0 unspecified atom stereocenters. The molecular weight excluding hydrogens is 593 g/mol. The second-order valence-corrected chi connectivity index (χ2v) is 10.9. The van der Waals surface area contributed by atoms with Crippen LogP contribution < -0.4 is 10.6 Å². The lowest BCUT2D eigenvalue weighted by Gasteiger charge is -2.36. The van der Waals surface area contributed by atoms with Crippen LogP contribution in [0.4, 0.5) is 11.4 Å². The van der Waals surface area contributed by atoms with Crippen molar-refractivity contribution in [2.75, 3.05) is 17.2 Å². The first-order chi connectivity index (χ1) is 18.1. The number of rotatable bonds is 8. The summed E-state index contributed by atoms with van der Waals surface area (Å²) in [5.41, 5.74) is 8.78. The summed E-state index contributed by atoms with van der Waals surface area (Å²) in [7, 11) is 0. The Kier molecular flexibility index (Phi) is 8.65. The number of aliphatic carboxylic acids is 1. The van der Waals surface area contributed by atoms with Crippen molar-refractivity contribution in [2.24, 2.45) is 0 Å². The van der Waals surface area contributed by atoms with Crippen LogP contribution in [0.1, 0.15) is 59.8 Å². The molecule has 0 fully saturated rings. The third kappa shape index (κ3) is 5.82. The van der Waals surface area contributed by atoms with E-state index in [4.69, 9.17) is 34.0 Å². The summed E-state index contributed by atoms with van der Waals surface area (Å²) in [5.74, 6) is -1.55. The van der Waals surface area contributed by atoms with Gasteiger partial charge in [0.2, 0.25) is 0 Å². The smallest absolute Gasteiger partial charge is 0.303 e. The molecule has 0 saturated carbocycles. The van der Waals surface area contributed by atoms with Gasteiger partial charge in [-0.05, 0) is 73.4 Å². The molecule has 0 bridgehead atoms. The molecule has 1 heterocycles. The maximum atomic E-state index is 14.4. The van der Waals surface area contributed by atoms with E-state index < -0.39 is 18.1 Å². The van der Waals surface area contributed by atoms with Crippen molar-refractivity contribution in [3.05, 3.63) is 91.9 Å². The Morgan fingerprint density at radius 2 is 1.71 bits per heavy atom. The highest BCUT2D eigenvalue weighted by atomic mass is 79.9. The van der Waals surface area contributed by atoms with Gasteiger partial charge in [0.25, 0.3) is 11.8 Å². The van der Waals surface area contributed by atoms with Crippen molar-refractivity contribution in [3.63, 3.8) is 0 Å². The highest BCUT2D eigenvalue weighted by Gasteiger charge is 2.43. The van der Waals surface area contributed by atoms with Gasteiger partial charge in [-0.3, -0.25) is 14.4 Å². The number of carbonyl (C=O) groups excluding carboxylic acids is 2. The van der Waals surface area contributed by atoms with Crippen LogP contribution in [0.5, 0.6) is 0 Å². The standard InChI is InChI=1S/C28H26BrCl2N3O4/c1-16(21-11-10-20(31)15-23(21)32)34-26(17-5-8-19(30)9-6-17)28(38)33(13-3-2-4-25(35)36)24-12-7-18(29)14-22(24)27(34)37/h5-12,14-16,26H,2-4,13,32H2,1H3,(H,35,36)/t16-,26+/m1/s1. The third-order valence-corrected chi connectivity index (χ3v) is 7.60. The third-order valence-electron chi connectivity index (χ3n) is 6.62. The van der Waals surface area contributed by atoms with Gasteiger partial charge in [0, 0.05) is 33.2 Å². The van der Waals surface area contributed by atoms with Gasteiger partial charge in [0.15, 0.2) is 0 Å². The predicted octanol–water partition coefficient (Wildman–Crippen LogP) is 6.88. The van der Waals surface area contributed by atoms with Crippen LogP contribution in [-0.2, 0) is 9.59 Å². The second kappa shape index (κ2) is 11.8. The monoisotopic (exact) mass is 617 g/mol. The number of hydrogen-bond donors (Lipinski definition) is 2. The quantitative estimate of drug-likeness (QED) is 0.211. The van der Waals surface area contributed by atoms with Gasteiger partial charge in [-0.2, -0.15) is 0 Å². The number of benzene rings is 3. The van der Waals surface area contributed by atoms with Crippen molar-refractivity contribution in [3.8, 4) is 0 Å². The molecule has 0 saturated heterocycles. The van der Waals surface area contributed by atoms with E-state index in [-0.39, 0.29) is 24.8 Å². The first-order valence-electron chi connectivity index (χ1n) is 12.0. The summed E-state index contributed by atoms with van der Waals surface area (Å²) in [5, 5.41) is 10.0. The Labute approximate surface area is 239 Å². The van der Waals surface area contributed by atoms with E-state index in [1.54, 1.807) is 70.5 Å². The maximum Gasteiger partial charge on any atom is 0.303 e. The predicted molar refractivity (Wildman–Crippen MR) is 153 cm³/mol. The summed E-state index contributed by atoms with van der Waals surface area (Å²) >= 11 is 15.7. The first kappa shape index (κ1) is 28.0. The van der Waals surface area contributed by atoms with Crippen LogP contribution >= 0.6 is 39.1 Å². The van der Waals surface area contributed by atoms with Crippen LogP contribution in [0, 0.1) is 0 Å². The van der Waals surface area contributed by atoms with Crippen molar-refractivity contribution >= 4 is 68.3 Å². The lowest BCUT2D eigenvalue weighted by Crippen LogP contribution is -2.44. The fourth-order valence-corrected chi connectivity index (χ4v) is 5.42. The average Bonchev–Trinajstić information content (AvgIpc) is 2.95. The Morgan fingerprint density at radius 3 is 2.37 bits per heavy atom. The molecule has 2 atom stereocenters. The van der Waals surface area contributed by atoms with Crippen molar-refractivity contribution in [1.29, 1.82) is 0 Å². The molecule has 3 aromatic rings. The molecule has 4 rings (SSSR count). The summed E-state index contributed by atoms with van der Waals surface area (Å²) in [6.07, 6.45) is 0.842. The average molecular weight is 619 g/mol. The van der Waals surface area contributed by atoms with E-state index in [0.717, 1.165) is 0 Å². The molecule has 0 aliphatic carbocycles. The molecule has 38 heavy (non-hydrogen) atoms. The number of nitrogens with zero attached hydrogens (tertiary/aromatic N) is 2. The summed E-state index contributed by atoms with van der Waals surface area (Å²) in [4.78, 5) is 42.8. The lowest BCUT2D eigenvalue weighted by molar-refractivity contribution is -0.137. The molecule has 3 aromatic carbocycles. The zero-order valence-corrected chi connectivity index (χ0v) is 23.6. The van der Waals surface area contributed by atoms with E-state index in [2.05, 4.69) is 15.9 Å². The van der Waals surface area contributed by atoms with Crippen LogP contribution in [0.25, 0.3) is 0 Å². The number of unbranched alkanes of at least 4 members (excludes halogenated alkanes) is 1. The van der Waals surface area contributed by atoms with Crippen LogP contribution in [0.3, 0.4) is 0 Å². The number of carboxylic acid groups (broad SMARTS) is 1. The number of nitrogens with two attached hydrogens (primary N) is 1. The molecule has 7 nitrogen and oxygen atoms in total. The highest BCUT2D eigenvalue weighted by Crippen LogP contribution is 2.42. The van der Waals surface area contributed by atoms with E-state index in [0.29, 0.717) is 55.4 Å². The Hall–Kier alpha value is -3.07. The van der Waals surface area contributed by atoms with Crippen molar-refractivity contribution < 1.29 is 19.5 Å². The number of nitrogen functional groups attached to an aromatic ring is 1. The van der Waals surface area contributed by atoms with Gasteiger partial charge in [0.05, 0.1) is 17.3 Å². The fourth-order valence-electron chi connectivity index (χ4n) is 4.76. The summed E-state index contributed by atoms with van der Waals surface area (Å²) in [6, 6.07) is 15.5. The zero-order chi connectivity index (χ0) is 27.6. The van der Waals surface area contributed by atoms with Gasteiger partial charge in [-0.1, -0.05) is 57.3 Å². The zero-order valence-electron chi connectivity index (χ0n) is 20.5. The molecule has 1 aliphatic rings. The number of halogens is 3. The minimum Gasteiger partial charge on any atom is -0.481 e. The minimum atomic E-state index is -0.990. The van der Waals surface area contributed by atoms with Crippen LogP contribution in [0.15, 0.2) is 65.1 Å². The van der Waals surface area contributed by atoms with Crippen LogP contribution in [-0.4, -0.2) is 34.3 Å². The number of fused-ring (bicyclic) bond motifs is 1. The van der Waals surface area contributed by atoms with E-state index in [1.807, 2.05) is 6.92 Å². The fraction of sp³-hybridized carbons (Fsp3) is 0.250. The summed E-state index contributed by atoms with van der Waals surface area (Å²) < 4.78 is 0.687. The molecule has 0 aromatic heterocycles. The Bertz CT molecular complexity index is 1380. The van der Waals surface area contributed by atoms with Gasteiger partial charge in [-0.15, -0.1) is 0 Å². The molecule has 2 amide bonds. The number of amides is 2. The molecule has 0 spiro atoms. The maximum absolute atomic E-state index is 14.4. The first-order valence-corrected chi connectivity index (χ1v) is 13.6.